The Morgan fingerprint density at radius 1 is 1.22 bits per heavy atom. The zero-order valence-corrected chi connectivity index (χ0v) is 13.6. The molecule has 7 nitrogen and oxygen atoms in total. The van der Waals surface area contributed by atoms with E-state index in [2.05, 4.69) is 25.8 Å². The molecule has 1 aromatic carbocycles. The molecule has 1 heterocycles. The Kier molecular flexibility index (Phi) is 6.90. The minimum absolute atomic E-state index is 0.627. The van der Waals surface area contributed by atoms with Gasteiger partial charge in [-0.25, -0.2) is 0 Å². The van der Waals surface area contributed by atoms with Crippen molar-refractivity contribution in [3.05, 3.63) is 42.0 Å². The number of ether oxygens (including phenoxy) is 1. The van der Waals surface area contributed by atoms with Crippen molar-refractivity contribution in [2.24, 2.45) is 4.99 Å². The van der Waals surface area contributed by atoms with Gasteiger partial charge >= 0.3 is 0 Å². The summed E-state index contributed by atoms with van der Waals surface area (Å²) in [6, 6.07) is 9.80. The number of hydrogen-bond acceptors (Lipinski definition) is 5. The minimum atomic E-state index is 0.627. The molecule has 0 saturated carbocycles. The first-order valence-corrected chi connectivity index (χ1v) is 7.69. The first kappa shape index (κ1) is 16.8. The fraction of sp³-hybridized carbons (Fsp3) is 0.438. The average molecular weight is 317 g/mol. The third-order valence-corrected chi connectivity index (χ3v) is 3.05. The Morgan fingerprint density at radius 3 is 2.70 bits per heavy atom. The lowest BCUT2D eigenvalue weighted by molar-refractivity contribution is 0.311. The molecule has 2 N–H and O–H groups in total. The quantitative estimate of drug-likeness (QED) is 0.437. The van der Waals surface area contributed by atoms with Crippen LogP contribution in [0.1, 0.15) is 18.1 Å². The number of nitrogens with one attached hydrogen (secondary N) is 2. The van der Waals surface area contributed by atoms with Gasteiger partial charge < -0.3 is 19.9 Å². The molecule has 0 aliphatic rings. The molecule has 2 rings (SSSR count). The van der Waals surface area contributed by atoms with E-state index in [0.29, 0.717) is 31.3 Å². The molecular weight excluding hydrogens is 294 g/mol. The number of aryl methyl sites for hydroxylation is 1. The van der Waals surface area contributed by atoms with Crippen LogP contribution in [0.3, 0.4) is 0 Å². The van der Waals surface area contributed by atoms with Crippen molar-refractivity contribution in [1.82, 2.24) is 20.8 Å². The monoisotopic (exact) mass is 317 g/mol. The smallest absolute Gasteiger partial charge is 0.228 e. The standard InChI is InChI=1S/C16H23N5O2/c1-13-20-15(23-21-13)9-11-19-16(17-2)18-10-6-12-22-14-7-4-3-5-8-14/h3-5,7-8H,6,9-12H2,1-2H3,(H2,17,18,19). The third kappa shape index (κ3) is 6.37. The predicted octanol–water partition coefficient (Wildman–Crippen LogP) is 1.55. The number of para-hydroxylation sites is 1. The fourth-order valence-electron chi connectivity index (χ4n) is 1.94. The van der Waals surface area contributed by atoms with Gasteiger partial charge in [0.2, 0.25) is 5.89 Å². The number of guanidine groups is 1. The van der Waals surface area contributed by atoms with Crippen LogP contribution < -0.4 is 15.4 Å². The van der Waals surface area contributed by atoms with Crippen molar-refractivity contribution >= 4 is 5.96 Å². The molecule has 0 aliphatic heterocycles. The molecule has 2 aromatic rings. The minimum Gasteiger partial charge on any atom is -0.494 e. The molecular formula is C16H23N5O2. The van der Waals surface area contributed by atoms with E-state index in [1.165, 1.54) is 0 Å². The Labute approximate surface area is 136 Å². The summed E-state index contributed by atoms with van der Waals surface area (Å²) < 4.78 is 10.7. The average Bonchev–Trinajstić information content (AvgIpc) is 2.99. The maximum Gasteiger partial charge on any atom is 0.228 e. The van der Waals surface area contributed by atoms with Crippen LogP contribution in [0.4, 0.5) is 0 Å². The largest absolute Gasteiger partial charge is 0.494 e. The second-order valence-corrected chi connectivity index (χ2v) is 4.93. The highest BCUT2D eigenvalue weighted by Crippen LogP contribution is 2.07. The highest BCUT2D eigenvalue weighted by atomic mass is 16.5. The van der Waals surface area contributed by atoms with Gasteiger partial charge in [-0.3, -0.25) is 4.99 Å². The molecule has 0 unspecified atom stereocenters. The molecule has 0 spiro atoms. The number of rotatable bonds is 8. The maximum absolute atomic E-state index is 5.63. The molecule has 7 heteroatoms. The van der Waals surface area contributed by atoms with Gasteiger partial charge in [0.15, 0.2) is 11.8 Å². The highest BCUT2D eigenvalue weighted by Gasteiger charge is 2.03. The van der Waals surface area contributed by atoms with Crippen LogP contribution in [0.25, 0.3) is 0 Å². The van der Waals surface area contributed by atoms with E-state index in [1.54, 1.807) is 14.0 Å². The fourth-order valence-corrected chi connectivity index (χ4v) is 1.94. The SMILES string of the molecule is CN=C(NCCCOc1ccccc1)NCCc1nc(C)no1. The Hall–Kier alpha value is -2.57. The van der Waals surface area contributed by atoms with Crippen LogP contribution in [0.5, 0.6) is 5.75 Å². The van der Waals surface area contributed by atoms with Crippen LogP contribution in [0.2, 0.25) is 0 Å². The predicted molar refractivity (Wildman–Crippen MR) is 88.7 cm³/mol. The van der Waals surface area contributed by atoms with Gasteiger partial charge in [-0.2, -0.15) is 4.98 Å². The summed E-state index contributed by atoms with van der Waals surface area (Å²) in [6.07, 6.45) is 1.55. The second kappa shape index (κ2) is 9.45. The van der Waals surface area contributed by atoms with E-state index in [1.807, 2.05) is 30.3 Å². The number of nitrogens with zero attached hydrogens (tertiary/aromatic N) is 3. The van der Waals surface area contributed by atoms with E-state index in [9.17, 15) is 0 Å². The van der Waals surface area contributed by atoms with Crippen molar-refractivity contribution in [3.8, 4) is 5.75 Å². The lowest BCUT2D eigenvalue weighted by atomic mass is 10.3. The van der Waals surface area contributed by atoms with Gasteiger partial charge in [-0.1, -0.05) is 23.4 Å². The molecule has 124 valence electrons. The highest BCUT2D eigenvalue weighted by molar-refractivity contribution is 5.79. The summed E-state index contributed by atoms with van der Waals surface area (Å²) in [5, 5.41) is 10.2. The van der Waals surface area contributed by atoms with E-state index < -0.39 is 0 Å². The van der Waals surface area contributed by atoms with Crippen LogP contribution in [0, 0.1) is 6.92 Å². The first-order chi connectivity index (χ1) is 11.3. The summed E-state index contributed by atoms with van der Waals surface area (Å²) >= 11 is 0. The lowest BCUT2D eigenvalue weighted by Gasteiger charge is -2.11. The lowest BCUT2D eigenvalue weighted by Crippen LogP contribution is -2.39. The van der Waals surface area contributed by atoms with Crippen molar-refractivity contribution in [2.45, 2.75) is 19.8 Å². The van der Waals surface area contributed by atoms with Crippen molar-refractivity contribution in [2.75, 3.05) is 26.7 Å². The van der Waals surface area contributed by atoms with Gasteiger partial charge in [0.05, 0.1) is 6.61 Å². The molecule has 0 atom stereocenters. The molecule has 23 heavy (non-hydrogen) atoms. The molecule has 0 fully saturated rings. The van der Waals surface area contributed by atoms with Crippen LogP contribution in [0.15, 0.2) is 39.8 Å². The normalized spacial score (nSPS) is 11.3. The van der Waals surface area contributed by atoms with Gasteiger partial charge in [-0.05, 0) is 25.5 Å². The maximum atomic E-state index is 5.63. The molecule has 0 radical (unpaired) electrons. The van der Waals surface area contributed by atoms with Crippen LogP contribution in [-0.4, -0.2) is 42.8 Å². The zero-order chi connectivity index (χ0) is 16.3. The Bertz CT molecular complexity index is 598. The van der Waals surface area contributed by atoms with Crippen molar-refractivity contribution in [3.63, 3.8) is 0 Å². The van der Waals surface area contributed by atoms with E-state index in [-0.39, 0.29) is 0 Å². The number of benzene rings is 1. The molecule has 0 saturated heterocycles. The van der Waals surface area contributed by atoms with Gasteiger partial charge in [0, 0.05) is 26.6 Å². The second-order valence-electron chi connectivity index (χ2n) is 4.93. The first-order valence-electron chi connectivity index (χ1n) is 7.69. The topological polar surface area (TPSA) is 84.6 Å². The Morgan fingerprint density at radius 2 is 2.00 bits per heavy atom. The molecule has 0 aliphatic carbocycles. The van der Waals surface area contributed by atoms with Gasteiger partial charge in [-0.15, -0.1) is 0 Å². The van der Waals surface area contributed by atoms with Gasteiger partial charge in [0.1, 0.15) is 5.75 Å². The molecule has 0 bridgehead atoms. The number of aliphatic imine (C=N–C) groups is 1. The zero-order valence-electron chi connectivity index (χ0n) is 13.6. The number of aromatic nitrogens is 2. The van der Waals surface area contributed by atoms with Crippen molar-refractivity contribution < 1.29 is 9.26 Å². The van der Waals surface area contributed by atoms with E-state index in [4.69, 9.17) is 9.26 Å². The Balaban J connectivity index is 1.56. The summed E-state index contributed by atoms with van der Waals surface area (Å²) in [5.74, 6) is 2.92. The molecule has 0 amide bonds. The van der Waals surface area contributed by atoms with Gasteiger partial charge in [0.25, 0.3) is 0 Å². The van der Waals surface area contributed by atoms with E-state index >= 15 is 0 Å². The third-order valence-electron chi connectivity index (χ3n) is 3.05. The molecule has 1 aromatic heterocycles. The van der Waals surface area contributed by atoms with Crippen molar-refractivity contribution in [1.29, 1.82) is 0 Å². The summed E-state index contributed by atoms with van der Waals surface area (Å²) in [5.41, 5.74) is 0. The van der Waals surface area contributed by atoms with Crippen LogP contribution in [-0.2, 0) is 6.42 Å². The summed E-state index contributed by atoms with van der Waals surface area (Å²) in [6.45, 7) is 3.93. The summed E-state index contributed by atoms with van der Waals surface area (Å²) in [4.78, 5) is 8.32. The summed E-state index contributed by atoms with van der Waals surface area (Å²) in [7, 11) is 1.74. The van der Waals surface area contributed by atoms with Crippen LogP contribution >= 0.6 is 0 Å². The van der Waals surface area contributed by atoms with E-state index in [0.717, 1.165) is 24.7 Å². The number of hydrogen-bond donors (Lipinski definition) is 2.